The first-order chi connectivity index (χ1) is 17.6. The van der Waals surface area contributed by atoms with E-state index in [2.05, 4.69) is 26.7 Å². The molecule has 4 N–H and O–H groups in total. The Morgan fingerprint density at radius 2 is 1.64 bits per heavy atom. The van der Waals surface area contributed by atoms with Crippen molar-refractivity contribution in [2.45, 2.75) is 6.10 Å². The third-order valence-corrected chi connectivity index (χ3v) is 5.36. The summed E-state index contributed by atoms with van der Waals surface area (Å²) in [5, 5.41) is 15.0. The standard InChI is InChI=1S/C28H24N6O2/c1-36-26(20-7-3-2-4-8-20)27(35)32-23-14-11-19(12-15-23)22-13-16-25(31-18-22)34-28(30)33-24-10-6-5-9-21(24)17-29/h2-16,18,26H,1H3,(H,32,35)(H3,30,31,33,34)/t26-/m0/s1. The van der Waals surface area contributed by atoms with Gasteiger partial charge in [-0.3, -0.25) is 4.79 Å². The number of para-hydroxylation sites is 1. The number of aromatic nitrogens is 1. The van der Waals surface area contributed by atoms with E-state index in [1.165, 1.54) is 7.11 Å². The lowest BCUT2D eigenvalue weighted by atomic mass is 10.1. The van der Waals surface area contributed by atoms with Crippen LogP contribution in [0.2, 0.25) is 0 Å². The number of aliphatic imine (C=N–C) groups is 1. The van der Waals surface area contributed by atoms with Gasteiger partial charge in [0.15, 0.2) is 17.9 Å². The number of nitrogens with zero attached hydrogens (tertiary/aromatic N) is 3. The van der Waals surface area contributed by atoms with E-state index in [0.717, 1.165) is 16.7 Å². The fourth-order valence-corrected chi connectivity index (χ4v) is 3.58. The molecule has 8 heteroatoms. The van der Waals surface area contributed by atoms with Gasteiger partial charge in [0.25, 0.3) is 5.91 Å². The minimum Gasteiger partial charge on any atom is -0.369 e. The van der Waals surface area contributed by atoms with Gasteiger partial charge in [0.05, 0.1) is 11.3 Å². The van der Waals surface area contributed by atoms with Crippen LogP contribution in [-0.2, 0) is 9.53 Å². The number of methoxy groups -OCH3 is 1. The summed E-state index contributed by atoms with van der Waals surface area (Å²) in [6.45, 7) is 0. The molecule has 1 aromatic heterocycles. The topological polar surface area (TPSA) is 125 Å². The fourth-order valence-electron chi connectivity index (χ4n) is 3.58. The first-order valence-corrected chi connectivity index (χ1v) is 11.1. The van der Waals surface area contributed by atoms with Crippen molar-refractivity contribution in [2.75, 3.05) is 17.7 Å². The monoisotopic (exact) mass is 476 g/mol. The van der Waals surface area contributed by atoms with Crippen LogP contribution in [0.1, 0.15) is 17.2 Å². The zero-order chi connectivity index (χ0) is 25.3. The maximum Gasteiger partial charge on any atom is 0.258 e. The number of nitrogens with two attached hydrogens (primary N) is 1. The van der Waals surface area contributed by atoms with Gasteiger partial charge in [0, 0.05) is 24.6 Å². The molecule has 0 fully saturated rings. The van der Waals surface area contributed by atoms with Gasteiger partial charge in [-0.15, -0.1) is 0 Å². The lowest BCUT2D eigenvalue weighted by Crippen LogP contribution is -2.22. The van der Waals surface area contributed by atoms with E-state index in [0.29, 0.717) is 22.8 Å². The van der Waals surface area contributed by atoms with Gasteiger partial charge < -0.3 is 21.1 Å². The summed E-state index contributed by atoms with van der Waals surface area (Å²) in [7, 11) is 1.51. The zero-order valence-electron chi connectivity index (χ0n) is 19.6. The first kappa shape index (κ1) is 24.1. The second-order valence-corrected chi connectivity index (χ2v) is 7.78. The zero-order valence-corrected chi connectivity index (χ0v) is 19.6. The molecule has 0 aliphatic rings. The summed E-state index contributed by atoms with van der Waals surface area (Å²) >= 11 is 0. The molecule has 1 heterocycles. The molecule has 1 amide bonds. The van der Waals surface area contributed by atoms with Crippen molar-refractivity contribution in [3.05, 3.63) is 108 Å². The summed E-state index contributed by atoms with van der Waals surface area (Å²) in [6, 6.07) is 29.5. The molecule has 178 valence electrons. The normalized spacial score (nSPS) is 11.8. The number of anilines is 2. The number of benzene rings is 3. The van der Waals surface area contributed by atoms with E-state index in [4.69, 9.17) is 10.5 Å². The Bertz CT molecular complexity index is 1390. The summed E-state index contributed by atoms with van der Waals surface area (Å²) < 4.78 is 5.39. The maximum atomic E-state index is 12.7. The van der Waals surface area contributed by atoms with Gasteiger partial charge >= 0.3 is 0 Å². The second-order valence-electron chi connectivity index (χ2n) is 7.78. The second kappa shape index (κ2) is 11.4. The Morgan fingerprint density at radius 3 is 2.31 bits per heavy atom. The molecule has 8 nitrogen and oxygen atoms in total. The Balaban J connectivity index is 1.41. The lowest BCUT2D eigenvalue weighted by molar-refractivity contribution is -0.126. The molecule has 4 rings (SSSR count). The van der Waals surface area contributed by atoms with Crippen molar-refractivity contribution in [1.29, 1.82) is 5.26 Å². The number of carbonyl (C=O) groups excluding carboxylic acids is 1. The van der Waals surface area contributed by atoms with Crippen LogP contribution in [0.15, 0.2) is 102 Å². The third-order valence-electron chi connectivity index (χ3n) is 5.36. The third kappa shape index (κ3) is 5.91. The van der Waals surface area contributed by atoms with Crippen molar-refractivity contribution < 1.29 is 9.53 Å². The Hall–Kier alpha value is -5.00. The number of pyridine rings is 1. The highest BCUT2D eigenvalue weighted by Crippen LogP contribution is 2.24. The van der Waals surface area contributed by atoms with Crippen LogP contribution in [0.3, 0.4) is 0 Å². The molecular weight excluding hydrogens is 452 g/mol. The molecular formula is C28H24N6O2. The molecule has 0 saturated carbocycles. The molecule has 0 aliphatic heterocycles. The van der Waals surface area contributed by atoms with Crippen LogP contribution in [-0.4, -0.2) is 24.0 Å². The number of hydrogen-bond donors (Lipinski definition) is 3. The Kier molecular flexibility index (Phi) is 7.66. The van der Waals surface area contributed by atoms with Crippen LogP contribution in [0, 0.1) is 11.3 Å². The van der Waals surface area contributed by atoms with Crippen LogP contribution in [0.25, 0.3) is 11.1 Å². The Morgan fingerprint density at radius 1 is 0.944 bits per heavy atom. The van der Waals surface area contributed by atoms with E-state index in [1.54, 1.807) is 36.5 Å². The van der Waals surface area contributed by atoms with Crippen molar-refractivity contribution in [3.8, 4) is 17.2 Å². The van der Waals surface area contributed by atoms with E-state index >= 15 is 0 Å². The van der Waals surface area contributed by atoms with E-state index in [-0.39, 0.29) is 11.9 Å². The van der Waals surface area contributed by atoms with Gasteiger partial charge in [0.1, 0.15) is 6.07 Å². The highest BCUT2D eigenvalue weighted by molar-refractivity contribution is 5.95. The SMILES string of the molecule is CO[C@H](C(=O)Nc1ccc(-c2ccc(N=C(N)Nc3ccccc3C#N)nc2)cc1)c1ccccc1. The van der Waals surface area contributed by atoms with E-state index in [1.807, 2.05) is 60.7 Å². The van der Waals surface area contributed by atoms with E-state index < -0.39 is 6.10 Å². The van der Waals surface area contributed by atoms with Gasteiger partial charge in [-0.25, -0.2) is 4.98 Å². The van der Waals surface area contributed by atoms with Crippen LogP contribution in [0.5, 0.6) is 0 Å². The van der Waals surface area contributed by atoms with Crippen LogP contribution in [0.4, 0.5) is 17.2 Å². The average molecular weight is 477 g/mol. The van der Waals surface area contributed by atoms with Crippen LogP contribution >= 0.6 is 0 Å². The number of ether oxygens (including phenoxy) is 1. The number of nitriles is 1. The summed E-state index contributed by atoms with van der Waals surface area (Å²) in [5.41, 5.74) is 10.3. The fraction of sp³-hybridized carbons (Fsp3) is 0.0714. The number of nitrogens with one attached hydrogen (secondary N) is 2. The number of hydrogen-bond acceptors (Lipinski definition) is 5. The number of guanidine groups is 1. The average Bonchev–Trinajstić information content (AvgIpc) is 2.91. The van der Waals surface area contributed by atoms with Crippen LogP contribution < -0.4 is 16.4 Å². The largest absolute Gasteiger partial charge is 0.369 e. The molecule has 3 aromatic carbocycles. The minimum atomic E-state index is -0.696. The molecule has 36 heavy (non-hydrogen) atoms. The predicted molar refractivity (Wildman–Crippen MR) is 141 cm³/mol. The quantitative estimate of drug-likeness (QED) is 0.254. The molecule has 0 saturated heterocycles. The summed E-state index contributed by atoms with van der Waals surface area (Å²) in [5.74, 6) is 0.306. The number of amides is 1. The van der Waals surface area contributed by atoms with Gasteiger partial charge in [-0.2, -0.15) is 10.3 Å². The minimum absolute atomic E-state index is 0.128. The number of rotatable bonds is 7. The Labute approximate surface area is 209 Å². The lowest BCUT2D eigenvalue weighted by Gasteiger charge is -2.16. The molecule has 0 unspecified atom stereocenters. The molecule has 0 radical (unpaired) electrons. The molecule has 1 atom stereocenters. The smallest absolute Gasteiger partial charge is 0.258 e. The van der Waals surface area contributed by atoms with Gasteiger partial charge in [-0.05, 0) is 47.5 Å². The molecule has 4 aromatic rings. The summed E-state index contributed by atoms with van der Waals surface area (Å²) in [4.78, 5) is 21.3. The van der Waals surface area contributed by atoms with Gasteiger partial charge in [0.2, 0.25) is 0 Å². The van der Waals surface area contributed by atoms with Crippen molar-refractivity contribution in [3.63, 3.8) is 0 Å². The highest BCUT2D eigenvalue weighted by atomic mass is 16.5. The molecule has 0 spiro atoms. The molecule has 0 aliphatic carbocycles. The molecule has 0 bridgehead atoms. The van der Waals surface area contributed by atoms with E-state index in [9.17, 15) is 10.1 Å². The van der Waals surface area contributed by atoms with Crippen molar-refractivity contribution in [1.82, 2.24) is 4.98 Å². The summed E-state index contributed by atoms with van der Waals surface area (Å²) in [6.07, 6.45) is 0.998. The van der Waals surface area contributed by atoms with Crippen molar-refractivity contribution >= 4 is 29.1 Å². The van der Waals surface area contributed by atoms with Gasteiger partial charge in [-0.1, -0.05) is 54.6 Å². The first-order valence-electron chi connectivity index (χ1n) is 11.1. The predicted octanol–water partition coefficient (Wildman–Crippen LogP) is 5.00. The number of carbonyl (C=O) groups is 1. The maximum absolute atomic E-state index is 12.7. The highest BCUT2D eigenvalue weighted by Gasteiger charge is 2.19. The van der Waals surface area contributed by atoms with Crippen molar-refractivity contribution in [2.24, 2.45) is 10.7 Å².